The Morgan fingerprint density at radius 2 is 2.50 bits per heavy atom. The number of rotatable bonds is 2. The van der Waals surface area contributed by atoms with Crippen molar-refractivity contribution in [2.24, 2.45) is 0 Å². The van der Waals surface area contributed by atoms with Gasteiger partial charge in [-0.25, -0.2) is 4.52 Å². The van der Waals surface area contributed by atoms with E-state index < -0.39 is 0 Å². The number of aromatic nitrogens is 3. The maximum atomic E-state index is 4.51. The molecule has 0 radical (unpaired) electrons. The summed E-state index contributed by atoms with van der Waals surface area (Å²) in [5, 5.41) is 7.82. The average Bonchev–Trinajstić information content (AvgIpc) is 2.88. The van der Waals surface area contributed by atoms with E-state index in [-0.39, 0.29) is 0 Å². The van der Waals surface area contributed by atoms with E-state index in [2.05, 4.69) is 28.4 Å². The smallest absolute Gasteiger partial charge is 0.243 e. The molecule has 3 heterocycles. The van der Waals surface area contributed by atoms with Gasteiger partial charge in [0.1, 0.15) is 0 Å². The molecular weight excluding hydrogens is 220 g/mol. The molecule has 0 amide bonds. The first-order chi connectivity index (χ1) is 7.83. The van der Waals surface area contributed by atoms with Gasteiger partial charge in [0.15, 0.2) is 5.65 Å². The first kappa shape index (κ1) is 9.96. The zero-order valence-electron chi connectivity index (χ0n) is 9.18. The van der Waals surface area contributed by atoms with Gasteiger partial charge in [-0.15, -0.1) is 5.10 Å². The lowest BCUT2D eigenvalue weighted by Crippen LogP contribution is -2.18. The van der Waals surface area contributed by atoms with Gasteiger partial charge in [0.25, 0.3) is 0 Å². The molecule has 84 valence electrons. The van der Waals surface area contributed by atoms with E-state index in [0.717, 1.165) is 22.9 Å². The Kier molecular flexibility index (Phi) is 2.47. The highest BCUT2D eigenvalue weighted by molar-refractivity contribution is 7.99. The highest BCUT2D eigenvalue weighted by atomic mass is 32.2. The molecule has 4 nitrogen and oxygen atoms in total. The summed E-state index contributed by atoms with van der Waals surface area (Å²) in [7, 11) is 0. The van der Waals surface area contributed by atoms with Gasteiger partial charge in [0.2, 0.25) is 5.95 Å². The van der Waals surface area contributed by atoms with Gasteiger partial charge >= 0.3 is 0 Å². The largest absolute Gasteiger partial charge is 0.349 e. The molecule has 16 heavy (non-hydrogen) atoms. The molecule has 1 atom stereocenters. The van der Waals surface area contributed by atoms with Crippen molar-refractivity contribution >= 4 is 23.4 Å². The van der Waals surface area contributed by atoms with Gasteiger partial charge in [-0.3, -0.25) is 0 Å². The lowest BCUT2D eigenvalue weighted by atomic mass is 10.3. The highest BCUT2D eigenvalue weighted by Crippen LogP contribution is 2.20. The second kappa shape index (κ2) is 3.97. The number of aryl methyl sites for hydroxylation is 1. The lowest BCUT2D eigenvalue weighted by molar-refractivity contribution is 0.796. The number of anilines is 1. The van der Waals surface area contributed by atoms with Crippen molar-refractivity contribution in [3.8, 4) is 0 Å². The molecular formula is C11H14N4S. The van der Waals surface area contributed by atoms with Crippen molar-refractivity contribution in [3.05, 3.63) is 23.9 Å². The van der Waals surface area contributed by atoms with E-state index in [9.17, 15) is 0 Å². The van der Waals surface area contributed by atoms with E-state index in [0.29, 0.717) is 6.04 Å². The summed E-state index contributed by atoms with van der Waals surface area (Å²) in [6.45, 7) is 2.05. The molecule has 2 aromatic heterocycles. The summed E-state index contributed by atoms with van der Waals surface area (Å²) < 4.78 is 1.83. The van der Waals surface area contributed by atoms with Gasteiger partial charge in [0.05, 0.1) is 0 Å². The fraction of sp³-hybridized carbons (Fsp3) is 0.455. The molecule has 1 aliphatic rings. The summed E-state index contributed by atoms with van der Waals surface area (Å²) in [6, 6.07) is 4.58. The number of fused-ring (bicyclic) bond motifs is 1. The van der Waals surface area contributed by atoms with Gasteiger partial charge in [-0.05, 0) is 30.7 Å². The van der Waals surface area contributed by atoms with E-state index in [4.69, 9.17) is 0 Å². The zero-order chi connectivity index (χ0) is 11.0. The summed E-state index contributed by atoms with van der Waals surface area (Å²) >= 11 is 1.99. The fourth-order valence-electron chi connectivity index (χ4n) is 1.93. The number of pyridine rings is 1. The molecule has 1 aliphatic heterocycles. The van der Waals surface area contributed by atoms with Crippen molar-refractivity contribution in [2.45, 2.75) is 19.4 Å². The maximum absolute atomic E-state index is 4.51. The van der Waals surface area contributed by atoms with Crippen LogP contribution in [0.5, 0.6) is 0 Å². The van der Waals surface area contributed by atoms with Crippen molar-refractivity contribution in [1.29, 1.82) is 0 Å². The van der Waals surface area contributed by atoms with E-state index in [1.807, 2.05) is 28.5 Å². The van der Waals surface area contributed by atoms with Crippen LogP contribution in [0.1, 0.15) is 12.0 Å². The molecule has 0 spiro atoms. The molecule has 0 bridgehead atoms. The zero-order valence-corrected chi connectivity index (χ0v) is 10.00. The van der Waals surface area contributed by atoms with Crippen LogP contribution < -0.4 is 5.32 Å². The average molecular weight is 234 g/mol. The van der Waals surface area contributed by atoms with Crippen LogP contribution >= 0.6 is 11.8 Å². The Balaban J connectivity index is 1.90. The molecule has 1 N–H and O–H groups in total. The highest BCUT2D eigenvalue weighted by Gasteiger charge is 2.17. The SMILES string of the molecule is Cc1cccn2nc(NC3CCSC3)nc12. The molecule has 0 saturated carbocycles. The summed E-state index contributed by atoms with van der Waals surface area (Å²) in [5.41, 5.74) is 2.10. The van der Waals surface area contributed by atoms with Crippen molar-refractivity contribution in [2.75, 3.05) is 16.8 Å². The Bertz CT molecular complexity index is 502. The number of thioether (sulfide) groups is 1. The maximum Gasteiger partial charge on any atom is 0.243 e. The quantitative estimate of drug-likeness (QED) is 0.862. The second-order valence-electron chi connectivity index (χ2n) is 4.10. The van der Waals surface area contributed by atoms with Crippen molar-refractivity contribution in [1.82, 2.24) is 14.6 Å². The van der Waals surface area contributed by atoms with Gasteiger partial charge in [-0.2, -0.15) is 16.7 Å². The number of hydrogen-bond donors (Lipinski definition) is 1. The molecule has 2 aromatic rings. The first-order valence-electron chi connectivity index (χ1n) is 5.49. The lowest BCUT2D eigenvalue weighted by Gasteiger charge is -2.07. The third kappa shape index (κ3) is 1.75. The van der Waals surface area contributed by atoms with E-state index in [1.165, 1.54) is 12.2 Å². The molecule has 0 aromatic carbocycles. The fourth-order valence-corrected chi connectivity index (χ4v) is 3.08. The molecule has 5 heteroatoms. The van der Waals surface area contributed by atoms with Crippen LogP contribution in [0.3, 0.4) is 0 Å². The summed E-state index contributed by atoms with van der Waals surface area (Å²) in [6.07, 6.45) is 3.14. The molecule has 1 fully saturated rings. The first-order valence-corrected chi connectivity index (χ1v) is 6.65. The van der Waals surface area contributed by atoms with Crippen molar-refractivity contribution in [3.63, 3.8) is 0 Å². The predicted octanol–water partition coefficient (Wildman–Crippen LogP) is 1.96. The van der Waals surface area contributed by atoms with Crippen LogP contribution in [0, 0.1) is 6.92 Å². The van der Waals surface area contributed by atoms with Crippen LogP contribution in [-0.4, -0.2) is 32.1 Å². The predicted molar refractivity (Wildman–Crippen MR) is 67.1 cm³/mol. The van der Waals surface area contributed by atoms with E-state index in [1.54, 1.807) is 0 Å². The minimum Gasteiger partial charge on any atom is -0.349 e. The Labute approximate surface area is 98.4 Å². The van der Waals surface area contributed by atoms with Crippen molar-refractivity contribution < 1.29 is 0 Å². The minimum absolute atomic E-state index is 0.530. The molecule has 0 aliphatic carbocycles. The van der Waals surface area contributed by atoms with Crippen LogP contribution in [-0.2, 0) is 0 Å². The van der Waals surface area contributed by atoms with Gasteiger partial charge in [-0.1, -0.05) is 6.07 Å². The normalized spacial score (nSPS) is 20.4. The van der Waals surface area contributed by atoms with Gasteiger partial charge in [0, 0.05) is 18.0 Å². The van der Waals surface area contributed by atoms with Crippen LogP contribution in [0.25, 0.3) is 5.65 Å². The molecule has 1 saturated heterocycles. The van der Waals surface area contributed by atoms with Crippen LogP contribution in [0.15, 0.2) is 18.3 Å². The third-order valence-corrected chi connectivity index (χ3v) is 3.98. The summed E-state index contributed by atoms with van der Waals surface area (Å²) in [4.78, 5) is 4.51. The number of nitrogens with zero attached hydrogens (tertiary/aromatic N) is 3. The topological polar surface area (TPSA) is 42.2 Å². The number of nitrogens with one attached hydrogen (secondary N) is 1. The Hall–Kier alpha value is -1.23. The molecule has 1 unspecified atom stereocenters. The minimum atomic E-state index is 0.530. The van der Waals surface area contributed by atoms with Gasteiger partial charge < -0.3 is 5.32 Å². The van der Waals surface area contributed by atoms with Crippen LogP contribution in [0.2, 0.25) is 0 Å². The second-order valence-corrected chi connectivity index (χ2v) is 5.25. The van der Waals surface area contributed by atoms with Crippen LogP contribution in [0.4, 0.5) is 5.95 Å². The monoisotopic (exact) mass is 234 g/mol. The van der Waals surface area contributed by atoms with E-state index >= 15 is 0 Å². The molecule has 3 rings (SSSR count). The Morgan fingerprint density at radius 3 is 3.25 bits per heavy atom. The standard InChI is InChI=1S/C11H14N4S/c1-8-3-2-5-15-10(8)13-11(14-15)12-9-4-6-16-7-9/h2-3,5,9H,4,6-7H2,1H3,(H,12,14). The Morgan fingerprint density at radius 1 is 1.56 bits per heavy atom. The summed E-state index contributed by atoms with van der Waals surface area (Å²) in [5.74, 6) is 3.15. The third-order valence-electron chi connectivity index (χ3n) is 2.82. The number of hydrogen-bond acceptors (Lipinski definition) is 4.